The minimum Gasteiger partial charge on any atom is -0.370 e. The molecule has 4 heteroatoms. The highest BCUT2D eigenvalue weighted by Gasteiger charge is 2.17. The first-order chi connectivity index (χ1) is 9.08. The highest BCUT2D eigenvalue weighted by atomic mass is 35.5. The Morgan fingerprint density at radius 2 is 1.89 bits per heavy atom. The van der Waals surface area contributed by atoms with Crippen molar-refractivity contribution in [3.8, 4) is 0 Å². The van der Waals surface area contributed by atoms with E-state index in [9.17, 15) is 4.79 Å². The van der Waals surface area contributed by atoms with Gasteiger partial charge in [0.2, 0.25) is 5.91 Å². The molecule has 19 heavy (non-hydrogen) atoms. The van der Waals surface area contributed by atoms with Crippen LogP contribution in [0.5, 0.6) is 0 Å². The van der Waals surface area contributed by atoms with Crippen LogP contribution in [-0.2, 0) is 4.79 Å². The number of hydrogen-bond donors (Lipinski definition) is 2. The summed E-state index contributed by atoms with van der Waals surface area (Å²) in [5.74, 6) is -0.428. The first kappa shape index (κ1) is 13.4. The van der Waals surface area contributed by atoms with Gasteiger partial charge in [0.1, 0.15) is 6.04 Å². The Kier molecular flexibility index (Phi) is 4.07. The summed E-state index contributed by atoms with van der Waals surface area (Å²) >= 11 is 6.07. The van der Waals surface area contributed by atoms with E-state index in [4.69, 9.17) is 17.3 Å². The lowest BCUT2D eigenvalue weighted by atomic mass is 10.1. The van der Waals surface area contributed by atoms with E-state index >= 15 is 0 Å². The van der Waals surface area contributed by atoms with Crippen molar-refractivity contribution in [2.75, 3.05) is 5.32 Å². The van der Waals surface area contributed by atoms with Crippen LogP contribution in [0.3, 0.4) is 0 Å². The maximum Gasteiger partial charge on any atom is 0.244 e. The number of aryl methyl sites for hydroxylation is 1. The van der Waals surface area contributed by atoms with E-state index < -0.39 is 11.9 Å². The van der Waals surface area contributed by atoms with Crippen molar-refractivity contribution in [1.82, 2.24) is 0 Å². The quantitative estimate of drug-likeness (QED) is 0.899. The first-order valence-electron chi connectivity index (χ1n) is 5.95. The zero-order chi connectivity index (χ0) is 13.8. The minimum absolute atomic E-state index is 0.428. The summed E-state index contributed by atoms with van der Waals surface area (Å²) in [7, 11) is 0. The molecule has 0 aliphatic carbocycles. The van der Waals surface area contributed by atoms with Gasteiger partial charge in [-0.25, -0.2) is 0 Å². The van der Waals surface area contributed by atoms with Gasteiger partial charge in [0.05, 0.1) is 0 Å². The highest BCUT2D eigenvalue weighted by molar-refractivity contribution is 6.31. The van der Waals surface area contributed by atoms with Crippen molar-refractivity contribution in [3.63, 3.8) is 0 Å². The zero-order valence-electron chi connectivity index (χ0n) is 10.6. The lowest BCUT2D eigenvalue weighted by Gasteiger charge is -2.17. The van der Waals surface area contributed by atoms with E-state index in [0.29, 0.717) is 5.02 Å². The number of carbonyl (C=O) groups excluding carboxylic acids is 1. The standard InChI is InChI=1S/C15H15ClN2O/c1-10-7-8-12(9-13(10)16)18-14(15(17)19)11-5-3-2-4-6-11/h2-9,14,18H,1H3,(H2,17,19). The Hall–Kier alpha value is -2.00. The summed E-state index contributed by atoms with van der Waals surface area (Å²) in [5.41, 5.74) is 8.03. The first-order valence-corrected chi connectivity index (χ1v) is 6.32. The lowest BCUT2D eigenvalue weighted by Crippen LogP contribution is -2.27. The molecule has 3 nitrogen and oxygen atoms in total. The molecule has 2 rings (SSSR count). The van der Waals surface area contributed by atoms with Gasteiger partial charge >= 0.3 is 0 Å². The number of benzene rings is 2. The zero-order valence-corrected chi connectivity index (χ0v) is 11.3. The van der Waals surface area contributed by atoms with Gasteiger partial charge < -0.3 is 11.1 Å². The molecule has 0 aromatic heterocycles. The Bertz CT molecular complexity index is 584. The third kappa shape index (κ3) is 3.26. The molecule has 0 heterocycles. The molecule has 2 aromatic rings. The molecule has 3 N–H and O–H groups in total. The summed E-state index contributed by atoms with van der Waals surface area (Å²) < 4.78 is 0. The number of nitrogens with two attached hydrogens (primary N) is 1. The van der Waals surface area contributed by atoms with E-state index in [1.807, 2.05) is 49.4 Å². The largest absolute Gasteiger partial charge is 0.370 e. The number of amides is 1. The average Bonchev–Trinajstić information content (AvgIpc) is 2.40. The molecule has 2 aromatic carbocycles. The fourth-order valence-electron chi connectivity index (χ4n) is 1.81. The molecular weight excluding hydrogens is 260 g/mol. The second kappa shape index (κ2) is 5.76. The van der Waals surface area contributed by atoms with Gasteiger partial charge in [0.25, 0.3) is 0 Å². The van der Waals surface area contributed by atoms with E-state index in [1.165, 1.54) is 0 Å². The summed E-state index contributed by atoms with van der Waals surface area (Å²) in [6.45, 7) is 1.93. The van der Waals surface area contributed by atoms with Crippen LogP contribution in [0.1, 0.15) is 17.2 Å². The smallest absolute Gasteiger partial charge is 0.244 e. The van der Waals surface area contributed by atoms with Crippen molar-refractivity contribution in [3.05, 3.63) is 64.7 Å². The predicted octanol–water partition coefficient (Wildman–Crippen LogP) is 3.29. The molecule has 0 fully saturated rings. The maximum atomic E-state index is 11.6. The molecule has 1 unspecified atom stereocenters. The molecule has 1 amide bonds. The van der Waals surface area contributed by atoms with Crippen molar-refractivity contribution in [1.29, 1.82) is 0 Å². The van der Waals surface area contributed by atoms with Gasteiger partial charge in [0.15, 0.2) is 0 Å². The summed E-state index contributed by atoms with van der Waals surface area (Å²) in [6.07, 6.45) is 0. The maximum absolute atomic E-state index is 11.6. The van der Waals surface area contributed by atoms with Gasteiger partial charge in [-0.3, -0.25) is 4.79 Å². The number of nitrogens with one attached hydrogen (secondary N) is 1. The van der Waals surface area contributed by atoms with Crippen molar-refractivity contribution < 1.29 is 4.79 Å². The highest BCUT2D eigenvalue weighted by Crippen LogP contribution is 2.24. The monoisotopic (exact) mass is 274 g/mol. The predicted molar refractivity (Wildman–Crippen MR) is 78.2 cm³/mol. The fourth-order valence-corrected chi connectivity index (χ4v) is 1.99. The molecule has 0 aliphatic rings. The average molecular weight is 275 g/mol. The third-order valence-corrected chi connectivity index (χ3v) is 3.31. The Morgan fingerprint density at radius 3 is 2.47 bits per heavy atom. The molecule has 0 radical (unpaired) electrons. The van der Waals surface area contributed by atoms with Crippen molar-refractivity contribution >= 4 is 23.2 Å². The molecule has 1 atom stereocenters. The van der Waals surface area contributed by atoms with E-state index in [2.05, 4.69) is 5.32 Å². The Labute approximate surface area is 117 Å². The molecular formula is C15H15ClN2O. The molecule has 0 aliphatic heterocycles. The van der Waals surface area contributed by atoms with Crippen LogP contribution in [0.25, 0.3) is 0 Å². The summed E-state index contributed by atoms with van der Waals surface area (Å²) in [5, 5.41) is 3.76. The van der Waals surface area contributed by atoms with Gasteiger partial charge in [-0.1, -0.05) is 48.0 Å². The minimum atomic E-state index is -0.569. The number of carbonyl (C=O) groups is 1. The molecule has 0 bridgehead atoms. The van der Waals surface area contributed by atoms with Crippen LogP contribution in [0.2, 0.25) is 5.02 Å². The van der Waals surface area contributed by atoms with Crippen LogP contribution >= 0.6 is 11.6 Å². The molecule has 0 saturated heterocycles. The fraction of sp³-hybridized carbons (Fsp3) is 0.133. The number of primary amides is 1. The van der Waals surface area contributed by atoms with Crippen LogP contribution in [-0.4, -0.2) is 5.91 Å². The third-order valence-electron chi connectivity index (χ3n) is 2.90. The molecule has 0 saturated carbocycles. The van der Waals surface area contributed by atoms with Crippen molar-refractivity contribution in [2.45, 2.75) is 13.0 Å². The number of halogens is 1. The SMILES string of the molecule is Cc1ccc(NC(C(N)=O)c2ccccc2)cc1Cl. The second-order valence-corrected chi connectivity index (χ2v) is 4.76. The number of anilines is 1. The lowest BCUT2D eigenvalue weighted by molar-refractivity contribution is -0.118. The summed E-state index contributed by atoms with van der Waals surface area (Å²) in [6, 6.07) is 14.3. The topological polar surface area (TPSA) is 55.1 Å². The molecule has 98 valence electrons. The van der Waals surface area contributed by atoms with Gasteiger partial charge in [0, 0.05) is 10.7 Å². The normalized spacial score (nSPS) is 11.9. The van der Waals surface area contributed by atoms with Gasteiger partial charge in [-0.15, -0.1) is 0 Å². The Morgan fingerprint density at radius 1 is 1.21 bits per heavy atom. The molecule has 0 spiro atoms. The number of hydrogen-bond acceptors (Lipinski definition) is 2. The van der Waals surface area contributed by atoms with Gasteiger partial charge in [-0.2, -0.15) is 0 Å². The summed E-state index contributed by atoms with van der Waals surface area (Å²) in [4.78, 5) is 11.6. The van der Waals surface area contributed by atoms with E-state index in [-0.39, 0.29) is 0 Å². The van der Waals surface area contributed by atoms with Crippen LogP contribution < -0.4 is 11.1 Å². The van der Waals surface area contributed by atoms with E-state index in [1.54, 1.807) is 6.07 Å². The van der Waals surface area contributed by atoms with Crippen molar-refractivity contribution in [2.24, 2.45) is 5.73 Å². The van der Waals surface area contributed by atoms with Crippen LogP contribution in [0.4, 0.5) is 5.69 Å². The van der Waals surface area contributed by atoms with Gasteiger partial charge in [-0.05, 0) is 30.2 Å². The van der Waals surface area contributed by atoms with Crippen LogP contribution in [0, 0.1) is 6.92 Å². The van der Waals surface area contributed by atoms with E-state index in [0.717, 1.165) is 16.8 Å². The number of rotatable bonds is 4. The Balaban J connectivity index is 2.27. The van der Waals surface area contributed by atoms with Crippen LogP contribution in [0.15, 0.2) is 48.5 Å². The second-order valence-electron chi connectivity index (χ2n) is 4.35.